The molecule has 0 aromatic heterocycles. The highest BCUT2D eigenvalue weighted by Crippen LogP contribution is 2.30. The first kappa shape index (κ1) is 28.1. The molecule has 0 fully saturated rings. The van der Waals surface area contributed by atoms with Crippen LogP contribution in [0.3, 0.4) is 0 Å². The van der Waals surface area contributed by atoms with Gasteiger partial charge < -0.3 is 10.6 Å². The summed E-state index contributed by atoms with van der Waals surface area (Å²) >= 11 is 6.32. The van der Waals surface area contributed by atoms with Gasteiger partial charge in [-0.3, -0.25) is 9.59 Å². The number of rotatable bonds is 10. The molecule has 0 unspecified atom stereocenters. The largest absolute Gasteiger partial charge is 0.416 e. The smallest absolute Gasteiger partial charge is 0.342 e. The average molecular weight is 551 g/mol. The predicted molar refractivity (Wildman–Crippen MR) is 146 cm³/mol. The van der Waals surface area contributed by atoms with Gasteiger partial charge in [0, 0.05) is 22.7 Å². The summed E-state index contributed by atoms with van der Waals surface area (Å²) in [4.78, 5) is 26.4. The third kappa shape index (κ3) is 7.78. The van der Waals surface area contributed by atoms with E-state index in [1.807, 2.05) is 54.6 Å². The number of benzene rings is 4. The molecule has 0 heterocycles. The van der Waals surface area contributed by atoms with Gasteiger partial charge in [-0.2, -0.15) is 13.2 Å². The van der Waals surface area contributed by atoms with Crippen molar-refractivity contribution in [2.45, 2.75) is 25.2 Å². The molecule has 200 valence electrons. The molecule has 4 rings (SSSR count). The second-order valence-electron chi connectivity index (χ2n) is 9.04. The number of Topliss-reactive ketones (excluding diaryl/α,β-unsaturated/α-hetero) is 1. The first-order valence-electron chi connectivity index (χ1n) is 12.3. The minimum atomic E-state index is -4.44. The van der Waals surface area contributed by atoms with Crippen LogP contribution in [0.25, 0.3) is 11.1 Å². The summed E-state index contributed by atoms with van der Waals surface area (Å²) < 4.78 is 39.0. The van der Waals surface area contributed by atoms with Crippen molar-refractivity contribution in [3.63, 3.8) is 0 Å². The van der Waals surface area contributed by atoms with Gasteiger partial charge in [0.05, 0.1) is 18.2 Å². The first-order chi connectivity index (χ1) is 18.7. The number of nitrogens with one attached hydrogen (secondary N) is 2. The standard InChI is InChI=1S/C31H26ClF3N2O2/c32-27-15-5-4-14-26(27)23-11-7-12-24(18-23)30(39)37-28(17-21-8-2-1-3-9-21)29(38)20-36-19-22-10-6-13-25(16-22)31(33,34)35/h1-16,18,28,36H,17,19-20H2,(H,37,39)/t28-/m0/s1. The number of alkyl halides is 3. The Bertz CT molecular complexity index is 1440. The number of hydrogen-bond acceptors (Lipinski definition) is 3. The highest BCUT2D eigenvalue weighted by atomic mass is 35.5. The predicted octanol–water partition coefficient (Wildman–Crippen LogP) is 6.73. The minimum absolute atomic E-state index is 0.0710. The van der Waals surface area contributed by atoms with Crippen LogP contribution in [0.5, 0.6) is 0 Å². The van der Waals surface area contributed by atoms with Crippen LogP contribution in [0.15, 0.2) is 103 Å². The van der Waals surface area contributed by atoms with E-state index in [0.717, 1.165) is 28.8 Å². The summed E-state index contributed by atoms with van der Waals surface area (Å²) in [5.41, 5.74) is 2.43. The quantitative estimate of drug-likeness (QED) is 0.230. The molecule has 0 saturated heterocycles. The van der Waals surface area contributed by atoms with E-state index in [2.05, 4.69) is 10.6 Å². The van der Waals surface area contributed by atoms with Crippen molar-refractivity contribution < 1.29 is 22.8 Å². The van der Waals surface area contributed by atoms with Crippen LogP contribution in [-0.4, -0.2) is 24.3 Å². The van der Waals surface area contributed by atoms with E-state index in [4.69, 9.17) is 11.6 Å². The molecular formula is C31H26ClF3N2O2. The van der Waals surface area contributed by atoms with Crippen LogP contribution in [0.4, 0.5) is 13.2 Å². The zero-order valence-corrected chi connectivity index (χ0v) is 21.6. The van der Waals surface area contributed by atoms with Crippen molar-refractivity contribution in [2.24, 2.45) is 0 Å². The maximum Gasteiger partial charge on any atom is 0.416 e. The molecule has 0 aliphatic heterocycles. The maximum atomic E-state index is 13.2. The normalized spacial score (nSPS) is 12.1. The van der Waals surface area contributed by atoms with Gasteiger partial charge in [-0.25, -0.2) is 0 Å². The van der Waals surface area contributed by atoms with Gasteiger partial charge in [0.2, 0.25) is 0 Å². The second kappa shape index (κ2) is 12.7. The van der Waals surface area contributed by atoms with Gasteiger partial charge in [0.15, 0.2) is 5.78 Å². The van der Waals surface area contributed by atoms with E-state index in [9.17, 15) is 22.8 Å². The third-order valence-electron chi connectivity index (χ3n) is 6.17. The Hall–Kier alpha value is -3.94. The van der Waals surface area contributed by atoms with Crippen LogP contribution >= 0.6 is 11.6 Å². The first-order valence-corrected chi connectivity index (χ1v) is 12.7. The molecule has 39 heavy (non-hydrogen) atoms. The van der Waals surface area contributed by atoms with E-state index in [0.29, 0.717) is 16.1 Å². The lowest BCUT2D eigenvalue weighted by Crippen LogP contribution is -2.45. The Morgan fingerprint density at radius 3 is 2.23 bits per heavy atom. The zero-order valence-electron chi connectivity index (χ0n) is 20.8. The Kier molecular flexibility index (Phi) is 9.17. The van der Waals surface area contributed by atoms with E-state index >= 15 is 0 Å². The monoisotopic (exact) mass is 550 g/mol. The van der Waals surface area contributed by atoms with Crippen molar-refractivity contribution in [3.05, 3.63) is 130 Å². The molecule has 0 aliphatic rings. The third-order valence-corrected chi connectivity index (χ3v) is 6.50. The van der Waals surface area contributed by atoms with Crippen LogP contribution in [0.1, 0.15) is 27.0 Å². The highest BCUT2D eigenvalue weighted by Gasteiger charge is 2.30. The lowest BCUT2D eigenvalue weighted by molar-refractivity contribution is -0.137. The fraction of sp³-hybridized carbons (Fsp3) is 0.161. The molecular weight excluding hydrogens is 525 g/mol. The summed E-state index contributed by atoms with van der Waals surface area (Å²) in [5.74, 6) is -0.711. The number of carbonyl (C=O) groups excluding carboxylic acids is 2. The van der Waals surface area contributed by atoms with Gasteiger partial charge in [0.1, 0.15) is 0 Å². The van der Waals surface area contributed by atoms with Crippen molar-refractivity contribution in [2.75, 3.05) is 6.54 Å². The maximum absolute atomic E-state index is 13.2. The molecule has 2 N–H and O–H groups in total. The van der Waals surface area contributed by atoms with Crippen LogP contribution in [0, 0.1) is 0 Å². The number of amides is 1. The fourth-order valence-corrected chi connectivity index (χ4v) is 4.42. The zero-order chi connectivity index (χ0) is 27.8. The van der Waals surface area contributed by atoms with Crippen LogP contribution < -0.4 is 10.6 Å². The number of halogens is 4. The molecule has 0 bridgehead atoms. The van der Waals surface area contributed by atoms with E-state index in [1.54, 1.807) is 30.3 Å². The molecule has 0 aliphatic carbocycles. The van der Waals surface area contributed by atoms with Gasteiger partial charge in [-0.15, -0.1) is 0 Å². The molecule has 4 aromatic carbocycles. The lowest BCUT2D eigenvalue weighted by Gasteiger charge is -2.19. The summed E-state index contributed by atoms with van der Waals surface area (Å²) in [5, 5.41) is 6.31. The topological polar surface area (TPSA) is 58.2 Å². The Balaban J connectivity index is 1.47. The van der Waals surface area contributed by atoms with Crippen molar-refractivity contribution >= 4 is 23.3 Å². The van der Waals surface area contributed by atoms with E-state index < -0.39 is 23.7 Å². The molecule has 0 spiro atoms. The number of carbonyl (C=O) groups is 2. The van der Waals surface area contributed by atoms with E-state index in [1.165, 1.54) is 6.07 Å². The molecule has 0 saturated carbocycles. The SMILES string of the molecule is O=C(N[C@@H](Cc1ccccc1)C(=O)CNCc1cccc(C(F)(F)F)c1)c1cccc(-c2ccccc2Cl)c1. The highest BCUT2D eigenvalue weighted by molar-refractivity contribution is 6.33. The molecule has 4 nitrogen and oxygen atoms in total. The van der Waals surface area contributed by atoms with Crippen molar-refractivity contribution in [1.29, 1.82) is 0 Å². The van der Waals surface area contributed by atoms with Crippen molar-refractivity contribution in [1.82, 2.24) is 10.6 Å². The van der Waals surface area contributed by atoms with Gasteiger partial charge in [-0.1, -0.05) is 90.5 Å². The van der Waals surface area contributed by atoms with Crippen LogP contribution in [-0.2, 0) is 23.9 Å². The molecule has 0 radical (unpaired) electrons. The van der Waals surface area contributed by atoms with Crippen molar-refractivity contribution in [3.8, 4) is 11.1 Å². The Labute approximate surface area is 229 Å². The fourth-order valence-electron chi connectivity index (χ4n) is 4.17. The van der Waals surface area contributed by atoms with Gasteiger partial charge >= 0.3 is 6.18 Å². The van der Waals surface area contributed by atoms with Crippen LogP contribution in [0.2, 0.25) is 5.02 Å². The van der Waals surface area contributed by atoms with Gasteiger partial charge in [0.25, 0.3) is 5.91 Å². The molecule has 1 atom stereocenters. The van der Waals surface area contributed by atoms with Gasteiger partial charge in [-0.05, 0) is 47.4 Å². The summed E-state index contributed by atoms with van der Waals surface area (Å²) in [7, 11) is 0. The second-order valence-corrected chi connectivity index (χ2v) is 9.45. The molecule has 1 amide bonds. The lowest BCUT2D eigenvalue weighted by atomic mass is 10.00. The summed E-state index contributed by atoms with van der Waals surface area (Å²) in [6.45, 7) is -0.0603. The Morgan fingerprint density at radius 2 is 1.49 bits per heavy atom. The molecule has 4 aromatic rings. The summed E-state index contributed by atoms with van der Waals surface area (Å²) in [6, 6.07) is 27.6. The minimum Gasteiger partial charge on any atom is -0.342 e. The number of hydrogen-bond donors (Lipinski definition) is 2. The number of ketones is 1. The average Bonchev–Trinajstić information content (AvgIpc) is 2.93. The summed E-state index contributed by atoms with van der Waals surface area (Å²) in [6.07, 6.45) is -4.18. The Morgan fingerprint density at radius 1 is 0.795 bits per heavy atom. The van der Waals surface area contributed by atoms with E-state index in [-0.39, 0.29) is 25.3 Å². The molecule has 8 heteroatoms.